The Labute approximate surface area is 219 Å². The fourth-order valence-electron chi connectivity index (χ4n) is 4.83. The number of rotatable bonds is 6. The van der Waals surface area contributed by atoms with Gasteiger partial charge in [-0.1, -0.05) is 49.8 Å². The van der Waals surface area contributed by atoms with Gasteiger partial charge in [-0.3, -0.25) is 19.3 Å². The summed E-state index contributed by atoms with van der Waals surface area (Å²) >= 11 is 0. The average molecular weight is 513 g/mol. The molecule has 0 radical (unpaired) electrons. The minimum atomic E-state index is -0.837. The summed E-state index contributed by atoms with van der Waals surface area (Å²) in [4.78, 5) is 55.3. The van der Waals surface area contributed by atoms with E-state index in [-0.39, 0.29) is 17.9 Å². The van der Waals surface area contributed by atoms with Crippen molar-refractivity contribution < 1.29 is 23.9 Å². The molecule has 1 aromatic rings. The smallest absolute Gasteiger partial charge is 0.410 e. The van der Waals surface area contributed by atoms with Crippen LogP contribution < -0.4 is 10.6 Å². The SMILES string of the molecule is C=C(NC(=O)[C@@H]1CCC2CCCC[C@H](NC(=O)[C@H](C)N(C)C(=O)OC(C)(C)C)C(=O)N21)c1ccccc1. The zero-order chi connectivity index (χ0) is 27.3. The van der Waals surface area contributed by atoms with Crippen LogP contribution in [0.3, 0.4) is 0 Å². The zero-order valence-corrected chi connectivity index (χ0v) is 22.6. The fraction of sp³-hybridized carbons (Fsp3) is 0.571. The van der Waals surface area contributed by atoms with Gasteiger partial charge in [0.05, 0.1) is 0 Å². The highest BCUT2D eigenvalue weighted by Gasteiger charge is 2.44. The van der Waals surface area contributed by atoms with E-state index in [2.05, 4.69) is 17.2 Å². The minimum absolute atomic E-state index is 0.0465. The Morgan fingerprint density at radius 3 is 2.38 bits per heavy atom. The number of nitrogens with one attached hydrogen (secondary N) is 2. The van der Waals surface area contributed by atoms with Gasteiger partial charge in [0.25, 0.3) is 0 Å². The molecule has 2 N–H and O–H groups in total. The molecule has 2 aliphatic heterocycles. The largest absolute Gasteiger partial charge is 0.444 e. The second-order valence-corrected chi connectivity index (χ2v) is 10.9. The molecule has 1 aromatic carbocycles. The van der Waals surface area contributed by atoms with Crippen LogP contribution in [0.1, 0.15) is 71.8 Å². The van der Waals surface area contributed by atoms with Crippen LogP contribution in [0.15, 0.2) is 36.9 Å². The summed E-state index contributed by atoms with van der Waals surface area (Å²) in [6, 6.07) is 7.08. The van der Waals surface area contributed by atoms with Crippen molar-refractivity contribution in [2.24, 2.45) is 0 Å². The van der Waals surface area contributed by atoms with Crippen LogP contribution in [-0.4, -0.2) is 70.4 Å². The number of likely N-dealkylation sites (N-methyl/N-ethyl adjacent to an activating group) is 1. The van der Waals surface area contributed by atoms with E-state index in [1.165, 1.54) is 11.9 Å². The predicted molar refractivity (Wildman–Crippen MR) is 141 cm³/mol. The number of hydrogen-bond donors (Lipinski definition) is 2. The molecule has 2 saturated heterocycles. The molecule has 4 amide bonds. The van der Waals surface area contributed by atoms with Gasteiger partial charge in [-0.25, -0.2) is 4.79 Å². The summed E-state index contributed by atoms with van der Waals surface area (Å²) in [6.45, 7) is 10.8. The van der Waals surface area contributed by atoms with Gasteiger partial charge in [-0.15, -0.1) is 0 Å². The number of hydrogen-bond acceptors (Lipinski definition) is 5. The van der Waals surface area contributed by atoms with E-state index in [1.54, 1.807) is 32.6 Å². The first-order chi connectivity index (χ1) is 17.4. The summed E-state index contributed by atoms with van der Waals surface area (Å²) in [6.07, 6.45) is 3.67. The van der Waals surface area contributed by atoms with E-state index in [4.69, 9.17) is 4.74 Å². The van der Waals surface area contributed by atoms with Crippen LogP contribution in [0, 0.1) is 0 Å². The molecule has 4 atom stereocenters. The Hall–Kier alpha value is -3.36. The number of carbonyl (C=O) groups is 4. The lowest BCUT2D eigenvalue weighted by atomic mass is 9.98. The van der Waals surface area contributed by atoms with Crippen molar-refractivity contribution in [1.29, 1.82) is 0 Å². The summed E-state index contributed by atoms with van der Waals surface area (Å²) < 4.78 is 5.36. The third-order valence-electron chi connectivity index (χ3n) is 6.99. The predicted octanol–water partition coefficient (Wildman–Crippen LogP) is 3.45. The highest BCUT2D eigenvalue weighted by molar-refractivity contribution is 5.96. The third-order valence-corrected chi connectivity index (χ3v) is 6.99. The standard InChI is InChI=1S/C28H40N4O5/c1-18(20-12-8-7-9-13-20)29-25(34)23-17-16-21-14-10-11-15-22(26(35)32(21)23)30-24(33)19(2)31(6)27(36)37-28(3,4)5/h7-9,12-13,19,21-23H,1,10-11,14-17H2,2-6H3,(H,29,34)(H,30,33)/t19-,21?,22-,23-/m0/s1. The lowest BCUT2D eigenvalue weighted by Gasteiger charge is -2.36. The topological polar surface area (TPSA) is 108 Å². The quantitative estimate of drug-likeness (QED) is 0.607. The van der Waals surface area contributed by atoms with Crippen molar-refractivity contribution in [3.05, 3.63) is 42.5 Å². The Morgan fingerprint density at radius 2 is 1.73 bits per heavy atom. The van der Waals surface area contributed by atoms with E-state index < -0.39 is 35.7 Å². The molecule has 9 nitrogen and oxygen atoms in total. The van der Waals surface area contributed by atoms with E-state index in [9.17, 15) is 19.2 Å². The van der Waals surface area contributed by atoms with Gasteiger partial charge in [0.1, 0.15) is 23.7 Å². The fourth-order valence-corrected chi connectivity index (χ4v) is 4.83. The van der Waals surface area contributed by atoms with Crippen molar-refractivity contribution in [2.75, 3.05) is 7.05 Å². The number of ether oxygens (including phenoxy) is 1. The molecule has 0 saturated carbocycles. The Bertz CT molecular complexity index is 1020. The number of benzene rings is 1. The van der Waals surface area contributed by atoms with Gasteiger partial charge in [-0.2, -0.15) is 0 Å². The summed E-state index contributed by atoms with van der Waals surface area (Å²) in [5.41, 5.74) is 0.596. The van der Waals surface area contributed by atoms with Crippen molar-refractivity contribution >= 4 is 29.5 Å². The number of fused-ring (bicyclic) bond motifs is 1. The monoisotopic (exact) mass is 512 g/mol. The number of carbonyl (C=O) groups excluding carboxylic acids is 4. The van der Waals surface area contributed by atoms with Crippen LogP contribution in [0.2, 0.25) is 0 Å². The number of nitrogens with zero attached hydrogens (tertiary/aromatic N) is 2. The molecule has 202 valence electrons. The summed E-state index contributed by atoms with van der Waals surface area (Å²) in [5.74, 6) is -0.969. The van der Waals surface area contributed by atoms with Crippen molar-refractivity contribution in [3.8, 4) is 0 Å². The third kappa shape index (κ3) is 7.11. The van der Waals surface area contributed by atoms with Crippen molar-refractivity contribution in [2.45, 2.75) is 96.0 Å². The molecule has 2 aliphatic rings. The average Bonchev–Trinajstić information content (AvgIpc) is 3.26. The van der Waals surface area contributed by atoms with Gasteiger partial charge >= 0.3 is 6.09 Å². The second-order valence-electron chi connectivity index (χ2n) is 10.9. The molecule has 3 rings (SSSR count). The first kappa shape index (κ1) is 28.2. The van der Waals surface area contributed by atoms with Gasteiger partial charge in [0.15, 0.2) is 0 Å². The highest BCUT2D eigenvalue weighted by Crippen LogP contribution is 2.31. The molecular weight excluding hydrogens is 472 g/mol. The molecule has 2 heterocycles. The summed E-state index contributed by atoms with van der Waals surface area (Å²) in [7, 11) is 1.49. The van der Waals surface area contributed by atoms with Gasteiger partial charge < -0.3 is 20.3 Å². The van der Waals surface area contributed by atoms with Crippen LogP contribution >= 0.6 is 0 Å². The van der Waals surface area contributed by atoms with Crippen LogP contribution in [-0.2, 0) is 19.1 Å². The maximum atomic E-state index is 13.7. The lowest BCUT2D eigenvalue weighted by Crippen LogP contribution is -2.58. The molecule has 0 spiro atoms. The molecule has 0 aliphatic carbocycles. The molecule has 37 heavy (non-hydrogen) atoms. The van der Waals surface area contributed by atoms with E-state index in [0.717, 1.165) is 31.2 Å². The molecule has 9 heteroatoms. The van der Waals surface area contributed by atoms with E-state index in [0.29, 0.717) is 18.5 Å². The Balaban J connectivity index is 1.69. The van der Waals surface area contributed by atoms with E-state index in [1.807, 2.05) is 30.3 Å². The van der Waals surface area contributed by atoms with Gasteiger partial charge in [0, 0.05) is 18.8 Å². The van der Waals surface area contributed by atoms with Crippen LogP contribution in [0.5, 0.6) is 0 Å². The summed E-state index contributed by atoms with van der Waals surface area (Å²) in [5, 5.41) is 5.72. The van der Waals surface area contributed by atoms with Gasteiger partial charge in [0.2, 0.25) is 17.7 Å². The Morgan fingerprint density at radius 1 is 1.08 bits per heavy atom. The molecule has 0 bridgehead atoms. The minimum Gasteiger partial charge on any atom is -0.444 e. The van der Waals surface area contributed by atoms with Crippen molar-refractivity contribution in [3.63, 3.8) is 0 Å². The molecule has 2 fully saturated rings. The Kier molecular flexibility index (Phi) is 8.99. The first-order valence-corrected chi connectivity index (χ1v) is 13.0. The first-order valence-electron chi connectivity index (χ1n) is 13.0. The van der Waals surface area contributed by atoms with Crippen LogP contribution in [0.25, 0.3) is 5.70 Å². The number of amides is 4. The molecular formula is C28H40N4O5. The normalized spacial score (nSPS) is 22.7. The maximum Gasteiger partial charge on any atom is 0.410 e. The maximum absolute atomic E-state index is 13.7. The molecule has 0 aromatic heterocycles. The second kappa shape index (κ2) is 11.8. The highest BCUT2D eigenvalue weighted by atomic mass is 16.6. The van der Waals surface area contributed by atoms with Crippen LogP contribution in [0.4, 0.5) is 4.79 Å². The molecule has 1 unspecified atom stereocenters. The van der Waals surface area contributed by atoms with Crippen molar-refractivity contribution in [1.82, 2.24) is 20.4 Å². The van der Waals surface area contributed by atoms with E-state index >= 15 is 0 Å². The van der Waals surface area contributed by atoms with Gasteiger partial charge in [-0.05, 0) is 58.9 Å². The zero-order valence-electron chi connectivity index (χ0n) is 22.6. The lowest BCUT2D eigenvalue weighted by molar-refractivity contribution is -0.144.